The minimum Gasteiger partial charge on any atom is -0.367 e. The molecule has 1 amide bonds. The molecule has 176 valence electrons. The van der Waals surface area contributed by atoms with Crippen molar-refractivity contribution in [2.75, 3.05) is 6.54 Å². The highest BCUT2D eigenvalue weighted by molar-refractivity contribution is 6.31. The van der Waals surface area contributed by atoms with Crippen LogP contribution in [0.2, 0.25) is 5.02 Å². The van der Waals surface area contributed by atoms with Crippen LogP contribution in [0.5, 0.6) is 0 Å². The standard InChI is InChI=1S/C27H28ClFN4O/c1-17-25(16-33(19(3)34)18(2)20-9-5-4-6-10-20)31-27(24-11-7-8-14-30-24)32-26(17)22-13-12-21(29)15-23(22)28/h4-15,18,26-27,31-32H,16H2,1-3H3/t18-,26?,27?/m0/s1. The average molecular weight is 479 g/mol. The lowest BCUT2D eigenvalue weighted by Crippen LogP contribution is -2.46. The highest BCUT2D eigenvalue weighted by atomic mass is 35.5. The summed E-state index contributed by atoms with van der Waals surface area (Å²) in [5.74, 6) is -0.409. The Morgan fingerprint density at radius 1 is 1.15 bits per heavy atom. The smallest absolute Gasteiger partial charge is 0.220 e. The second-order valence-corrected chi connectivity index (χ2v) is 8.90. The number of hydrogen-bond acceptors (Lipinski definition) is 4. The molecule has 0 bridgehead atoms. The topological polar surface area (TPSA) is 57.3 Å². The van der Waals surface area contributed by atoms with E-state index in [1.54, 1.807) is 19.2 Å². The van der Waals surface area contributed by atoms with Crippen molar-refractivity contribution in [3.63, 3.8) is 0 Å². The van der Waals surface area contributed by atoms with Crippen molar-refractivity contribution in [3.05, 3.63) is 112 Å². The molecule has 1 aliphatic heterocycles. The first kappa shape index (κ1) is 23.9. The summed E-state index contributed by atoms with van der Waals surface area (Å²) in [7, 11) is 0. The van der Waals surface area contributed by atoms with Gasteiger partial charge in [0.1, 0.15) is 12.0 Å². The third-order valence-electron chi connectivity index (χ3n) is 6.30. The van der Waals surface area contributed by atoms with Gasteiger partial charge in [-0.25, -0.2) is 4.39 Å². The first-order valence-electron chi connectivity index (χ1n) is 11.3. The monoisotopic (exact) mass is 478 g/mol. The number of carbonyl (C=O) groups is 1. The highest BCUT2D eigenvalue weighted by Crippen LogP contribution is 2.35. The van der Waals surface area contributed by atoms with Crippen molar-refractivity contribution in [1.82, 2.24) is 20.5 Å². The van der Waals surface area contributed by atoms with E-state index in [0.29, 0.717) is 11.6 Å². The van der Waals surface area contributed by atoms with Crippen LogP contribution in [0.4, 0.5) is 4.39 Å². The first-order valence-corrected chi connectivity index (χ1v) is 11.6. The molecule has 4 rings (SSSR count). The van der Waals surface area contributed by atoms with Gasteiger partial charge in [-0.05, 0) is 54.8 Å². The molecule has 2 heterocycles. The van der Waals surface area contributed by atoms with Gasteiger partial charge in [-0.2, -0.15) is 0 Å². The van der Waals surface area contributed by atoms with E-state index in [1.165, 1.54) is 12.1 Å². The van der Waals surface area contributed by atoms with Gasteiger partial charge >= 0.3 is 0 Å². The van der Waals surface area contributed by atoms with Gasteiger partial charge in [-0.1, -0.05) is 54.1 Å². The number of pyridine rings is 1. The Bertz CT molecular complexity index is 1190. The minimum absolute atomic E-state index is 0.0252. The summed E-state index contributed by atoms with van der Waals surface area (Å²) in [6, 6.07) is 19.7. The zero-order valence-electron chi connectivity index (χ0n) is 19.4. The Labute approximate surface area is 204 Å². The quantitative estimate of drug-likeness (QED) is 0.478. The second-order valence-electron chi connectivity index (χ2n) is 8.49. The van der Waals surface area contributed by atoms with Crippen molar-refractivity contribution in [3.8, 4) is 0 Å². The van der Waals surface area contributed by atoms with Crippen LogP contribution in [0.3, 0.4) is 0 Å². The summed E-state index contributed by atoms with van der Waals surface area (Å²) < 4.78 is 13.8. The zero-order valence-corrected chi connectivity index (χ0v) is 20.2. The Kier molecular flexibility index (Phi) is 7.29. The second kappa shape index (κ2) is 10.4. The predicted octanol–water partition coefficient (Wildman–Crippen LogP) is 5.69. The van der Waals surface area contributed by atoms with E-state index in [9.17, 15) is 9.18 Å². The van der Waals surface area contributed by atoms with E-state index in [1.807, 2.05) is 67.3 Å². The zero-order chi connectivity index (χ0) is 24.2. The summed E-state index contributed by atoms with van der Waals surface area (Å²) in [5.41, 5.74) is 4.52. The van der Waals surface area contributed by atoms with Crippen LogP contribution >= 0.6 is 11.6 Å². The maximum atomic E-state index is 13.8. The Balaban J connectivity index is 1.73. The molecule has 0 spiro atoms. The molecule has 3 atom stereocenters. The number of nitrogens with zero attached hydrogens (tertiary/aromatic N) is 2. The lowest BCUT2D eigenvalue weighted by Gasteiger charge is -2.39. The molecule has 0 fully saturated rings. The SMILES string of the molecule is CC(=O)N(CC1=C(C)C(c2ccc(F)cc2Cl)NC(c2ccccn2)N1)[C@@H](C)c1ccccc1. The summed E-state index contributed by atoms with van der Waals surface area (Å²) in [6.07, 6.45) is 1.43. The molecule has 3 aromatic rings. The van der Waals surface area contributed by atoms with Crippen LogP contribution in [0.1, 0.15) is 55.8 Å². The normalized spacial score (nSPS) is 18.9. The number of aromatic nitrogens is 1. The van der Waals surface area contributed by atoms with Gasteiger partial charge in [0.25, 0.3) is 0 Å². The molecule has 2 aromatic carbocycles. The van der Waals surface area contributed by atoms with Crippen molar-refractivity contribution in [1.29, 1.82) is 0 Å². The van der Waals surface area contributed by atoms with E-state index in [-0.39, 0.29) is 30.0 Å². The molecular formula is C27H28ClFN4O. The number of rotatable bonds is 6. The number of hydrogen-bond donors (Lipinski definition) is 2. The number of benzene rings is 2. The van der Waals surface area contributed by atoms with Gasteiger partial charge in [0, 0.05) is 23.8 Å². The molecular weight excluding hydrogens is 451 g/mol. The maximum absolute atomic E-state index is 13.8. The third-order valence-corrected chi connectivity index (χ3v) is 6.63. The molecule has 34 heavy (non-hydrogen) atoms. The van der Waals surface area contributed by atoms with Crippen LogP contribution in [-0.2, 0) is 4.79 Å². The summed E-state index contributed by atoms with van der Waals surface area (Å²) in [4.78, 5) is 19.1. The van der Waals surface area contributed by atoms with E-state index < -0.39 is 0 Å². The molecule has 1 aromatic heterocycles. The Hall–Kier alpha value is -3.22. The van der Waals surface area contributed by atoms with E-state index in [2.05, 4.69) is 15.6 Å². The van der Waals surface area contributed by atoms with Crippen LogP contribution < -0.4 is 10.6 Å². The van der Waals surface area contributed by atoms with Gasteiger partial charge in [-0.15, -0.1) is 0 Å². The Morgan fingerprint density at radius 2 is 1.88 bits per heavy atom. The molecule has 2 N–H and O–H groups in total. The number of halogens is 2. The van der Waals surface area contributed by atoms with Crippen molar-refractivity contribution in [2.24, 2.45) is 0 Å². The summed E-state index contributed by atoms with van der Waals surface area (Å²) >= 11 is 6.45. The predicted molar refractivity (Wildman–Crippen MR) is 132 cm³/mol. The van der Waals surface area contributed by atoms with Gasteiger partial charge in [-0.3, -0.25) is 15.1 Å². The van der Waals surface area contributed by atoms with Gasteiger partial charge in [0.05, 0.1) is 24.3 Å². The van der Waals surface area contributed by atoms with Crippen molar-refractivity contribution in [2.45, 2.75) is 39.0 Å². The van der Waals surface area contributed by atoms with Gasteiger partial charge in [0.2, 0.25) is 5.91 Å². The molecule has 0 saturated carbocycles. The largest absolute Gasteiger partial charge is 0.367 e. The first-order chi connectivity index (χ1) is 16.3. The fraction of sp³-hybridized carbons (Fsp3) is 0.259. The summed E-state index contributed by atoms with van der Waals surface area (Å²) in [6.45, 7) is 6.00. The lowest BCUT2D eigenvalue weighted by atomic mass is 9.94. The van der Waals surface area contributed by atoms with Gasteiger partial charge < -0.3 is 10.2 Å². The molecule has 0 aliphatic carbocycles. The maximum Gasteiger partial charge on any atom is 0.220 e. The van der Waals surface area contributed by atoms with Gasteiger partial charge in [0.15, 0.2) is 0 Å². The summed E-state index contributed by atoms with van der Waals surface area (Å²) in [5, 5.41) is 7.43. The minimum atomic E-state index is -0.384. The van der Waals surface area contributed by atoms with E-state index in [0.717, 1.165) is 28.1 Å². The molecule has 0 radical (unpaired) electrons. The molecule has 7 heteroatoms. The van der Waals surface area contributed by atoms with E-state index >= 15 is 0 Å². The Morgan fingerprint density at radius 3 is 2.53 bits per heavy atom. The molecule has 0 saturated heterocycles. The number of nitrogens with one attached hydrogen (secondary N) is 2. The van der Waals surface area contributed by atoms with E-state index in [4.69, 9.17) is 11.6 Å². The number of amides is 1. The highest BCUT2D eigenvalue weighted by Gasteiger charge is 2.31. The van der Waals surface area contributed by atoms with Crippen LogP contribution in [0, 0.1) is 5.82 Å². The van der Waals surface area contributed by atoms with Crippen LogP contribution in [0.25, 0.3) is 0 Å². The molecule has 5 nitrogen and oxygen atoms in total. The average Bonchev–Trinajstić information content (AvgIpc) is 2.84. The molecule has 1 aliphatic rings. The number of carbonyl (C=O) groups excluding carboxylic acids is 1. The van der Waals surface area contributed by atoms with Crippen LogP contribution in [0.15, 0.2) is 84.2 Å². The fourth-order valence-electron chi connectivity index (χ4n) is 4.33. The molecule has 2 unspecified atom stereocenters. The van der Waals surface area contributed by atoms with Crippen molar-refractivity contribution < 1.29 is 9.18 Å². The van der Waals surface area contributed by atoms with Crippen molar-refractivity contribution >= 4 is 17.5 Å². The third kappa shape index (κ3) is 5.13. The lowest BCUT2D eigenvalue weighted by molar-refractivity contribution is -0.130. The fourth-order valence-corrected chi connectivity index (χ4v) is 4.61. The van der Waals surface area contributed by atoms with Crippen LogP contribution in [-0.4, -0.2) is 22.3 Å².